The van der Waals surface area contributed by atoms with E-state index in [1.165, 1.54) is 35.4 Å². The summed E-state index contributed by atoms with van der Waals surface area (Å²) in [4.78, 5) is 22.0. The number of fused-ring (bicyclic) bond motifs is 4. The number of anilines is 1. The van der Waals surface area contributed by atoms with E-state index in [4.69, 9.17) is 16.3 Å². The fourth-order valence-corrected chi connectivity index (χ4v) is 5.71. The van der Waals surface area contributed by atoms with E-state index in [0.717, 1.165) is 4.68 Å². The van der Waals surface area contributed by atoms with Crippen LogP contribution in [0.25, 0.3) is 27.4 Å². The first-order chi connectivity index (χ1) is 17.6. The molecule has 14 heteroatoms. The minimum Gasteiger partial charge on any atom is -0.465 e. The summed E-state index contributed by atoms with van der Waals surface area (Å²) < 4.78 is 49.4. The van der Waals surface area contributed by atoms with E-state index in [1.54, 1.807) is 31.2 Å². The Hall–Kier alpha value is -3.71. The van der Waals surface area contributed by atoms with Crippen molar-refractivity contribution in [2.45, 2.75) is 31.6 Å². The van der Waals surface area contributed by atoms with Crippen LogP contribution in [0.1, 0.15) is 39.3 Å². The molecular formula is C23H17ClF3N7O2S. The van der Waals surface area contributed by atoms with Crippen LogP contribution in [0, 0.1) is 6.92 Å². The van der Waals surface area contributed by atoms with Gasteiger partial charge in [-0.1, -0.05) is 23.7 Å². The van der Waals surface area contributed by atoms with Crippen molar-refractivity contribution < 1.29 is 22.7 Å². The van der Waals surface area contributed by atoms with E-state index in [0.29, 0.717) is 36.9 Å². The third-order valence-electron chi connectivity index (χ3n) is 6.33. The number of ether oxygens (including phenoxy) is 1. The van der Waals surface area contributed by atoms with Gasteiger partial charge >= 0.3 is 12.1 Å². The van der Waals surface area contributed by atoms with Gasteiger partial charge in [-0.15, -0.1) is 16.4 Å². The number of nitrogens with zero attached hydrogens (tertiary/aromatic N) is 6. The lowest BCUT2D eigenvalue weighted by Crippen LogP contribution is -2.35. The van der Waals surface area contributed by atoms with Crippen LogP contribution in [0.4, 0.5) is 19.0 Å². The van der Waals surface area contributed by atoms with Crippen LogP contribution in [0.5, 0.6) is 0 Å². The van der Waals surface area contributed by atoms with Gasteiger partial charge in [0.25, 0.3) is 0 Å². The molecule has 37 heavy (non-hydrogen) atoms. The van der Waals surface area contributed by atoms with Crippen molar-refractivity contribution in [3.8, 4) is 11.5 Å². The van der Waals surface area contributed by atoms with Gasteiger partial charge < -0.3 is 10.1 Å². The van der Waals surface area contributed by atoms with Crippen LogP contribution >= 0.6 is 22.9 Å². The Labute approximate surface area is 215 Å². The number of hydrogen-bond donors (Lipinski definition) is 1. The molecule has 0 bridgehead atoms. The summed E-state index contributed by atoms with van der Waals surface area (Å²) in [5, 5.41) is 12.9. The number of aryl methyl sites for hydroxylation is 1. The normalized spacial score (nSPS) is 17.7. The maximum Gasteiger partial charge on any atom is 0.410 e. The molecule has 1 aliphatic rings. The number of nitrogens with one attached hydrogen (secondary N) is 1. The van der Waals surface area contributed by atoms with Gasteiger partial charge in [0.05, 0.1) is 18.5 Å². The first kappa shape index (κ1) is 23.7. The second-order valence-electron chi connectivity index (χ2n) is 8.58. The summed E-state index contributed by atoms with van der Waals surface area (Å²) in [5.41, 5.74) is 1.90. The van der Waals surface area contributed by atoms with Crippen molar-refractivity contribution in [1.29, 1.82) is 0 Å². The predicted molar refractivity (Wildman–Crippen MR) is 131 cm³/mol. The largest absolute Gasteiger partial charge is 0.465 e. The summed E-state index contributed by atoms with van der Waals surface area (Å²) in [6.07, 6.45) is -3.33. The Morgan fingerprint density at radius 1 is 1.24 bits per heavy atom. The Balaban J connectivity index is 1.44. The van der Waals surface area contributed by atoms with Crippen molar-refractivity contribution in [2.75, 3.05) is 12.4 Å². The van der Waals surface area contributed by atoms with Gasteiger partial charge in [-0.2, -0.15) is 18.3 Å². The standard InChI is InChI=1S/C23H17ClF3N7O2S/c1-10-17-20-30-19(32-33(20)9-28-21(17)37-18(10)22(35)36-2)14-8-16-29-13(11-3-5-12(24)6-4-11)7-15(23(25,26)27)34(16)31-14/h3-6,8-9,13,15,29H,7H2,1-2H3/t13-,15-/m1/s1. The quantitative estimate of drug-likeness (QED) is 0.293. The predicted octanol–water partition coefficient (Wildman–Crippen LogP) is 5.61. The molecule has 2 atom stereocenters. The Kier molecular flexibility index (Phi) is 5.38. The van der Waals surface area contributed by atoms with E-state index in [-0.39, 0.29) is 23.8 Å². The minimum absolute atomic E-state index is 0.132. The monoisotopic (exact) mass is 547 g/mol. The number of hydrogen-bond acceptors (Lipinski definition) is 8. The molecule has 1 N–H and O–H groups in total. The third kappa shape index (κ3) is 3.89. The first-order valence-electron chi connectivity index (χ1n) is 11.1. The molecule has 0 amide bonds. The van der Waals surface area contributed by atoms with Crippen LogP contribution < -0.4 is 5.32 Å². The minimum atomic E-state index is -4.52. The number of thiophene rings is 1. The number of alkyl halides is 3. The van der Waals surface area contributed by atoms with Gasteiger partial charge in [-0.05, 0) is 30.2 Å². The molecule has 5 aromatic rings. The second kappa shape index (κ2) is 8.42. The lowest BCUT2D eigenvalue weighted by atomic mass is 9.97. The molecule has 9 nitrogen and oxygen atoms in total. The molecule has 0 spiro atoms. The zero-order valence-electron chi connectivity index (χ0n) is 19.2. The summed E-state index contributed by atoms with van der Waals surface area (Å²) in [6.45, 7) is 1.76. The van der Waals surface area contributed by atoms with E-state index in [1.807, 2.05) is 0 Å². The zero-order valence-corrected chi connectivity index (χ0v) is 20.8. The highest BCUT2D eigenvalue weighted by Gasteiger charge is 2.46. The van der Waals surface area contributed by atoms with Crippen LogP contribution in [0.2, 0.25) is 5.02 Å². The topological polar surface area (TPSA) is 99.2 Å². The molecule has 0 unspecified atom stereocenters. The van der Waals surface area contributed by atoms with Gasteiger partial charge in [-0.25, -0.2) is 24.0 Å². The molecule has 1 aliphatic heterocycles. The van der Waals surface area contributed by atoms with Crippen molar-refractivity contribution in [2.24, 2.45) is 0 Å². The van der Waals surface area contributed by atoms with Gasteiger partial charge in [0.1, 0.15) is 27.5 Å². The number of carbonyl (C=O) groups is 1. The average molecular weight is 548 g/mol. The molecule has 4 aromatic heterocycles. The molecule has 0 saturated carbocycles. The summed E-state index contributed by atoms with van der Waals surface area (Å²) in [5.74, 6) is -0.155. The van der Waals surface area contributed by atoms with Gasteiger partial charge in [0.2, 0.25) is 5.82 Å². The number of halogens is 4. The molecule has 190 valence electrons. The fraction of sp³-hybridized carbons (Fsp3) is 0.261. The van der Waals surface area contributed by atoms with E-state index >= 15 is 0 Å². The maximum atomic E-state index is 14.1. The van der Waals surface area contributed by atoms with Crippen LogP contribution in [0.3, 0.4) is 0 Å². The summed E-state index contributed by atoms with van der Waals surface area (Å²) >= 11 is 7.12. The van der Waals surface area contributed by atoms with Gasteiger partial charge in [0.15, 0.2) is 11.7 Å². The highest BCUT2D eigenvalue weighted by atomic mass is 35.5. The Morgan fingerprint density at radius 2 is 2.00 bits per heavy atom. The first-order valence-corrected chi connectivity index (χ1v) is 12.2. The molecule has 1 aromatic carbocycles. The Bertz CT molecular complexity index is 1680. The van der Waals surface area contributed by atoms with E-state index in [9.17, 15) is 18.0 Å². The molecule has 0 saturated heterocycles. The Morgan fingerprint density at radius 3 is 2.70 bits per heavy atom. The molecule has 0 radical (unpaired) electrons. The number of rotatable bonds is 3. The molecule has 6 rings (SSSR count). The lowest BCUT2D eigenvalue weighted by Gasteiger charge is -2.33. The van der Waals surface area contributed by atoms with E-state index in [2.05, 4.69) is 25.5 Å². The average Bonchev–Trinajstić information content (AvgIpc) is 3.57. The highest BCUT2D eigenvalue weighted by Crippen LogP contribution is 2.44. The summed E-state index contributed by atoms with van der Waals surface area (Å²) in [6, 6.07) is 5.76. The van der Waals surface area contributed by atoms with Crippen molar-refractivity contribution >= 4 is 50.6 Å². The summed E-state index contributed by atoms with van der Waals surface area (Å²) in [7, 11) is 1.30. The number of esters is 1. The lowest BCUT2D eigenvalue weighted by molar-refractivity contribution is -0.173. The molecule has 0 aliphatic carbocycles. The SMILES string of the molecule is COC(=O)c1sc2ncn3nc(-c4cc5n(n4)[C@@H](C(F)(F)F)C[C@H](c4ccc(Cl)cc4)N5)nc3c2c1C. The van der Waals surface area contributed by atoms with Gasteiger partial charge in [0, 0.05) is 17.5 Å². The molecule has 0 fully saturated rings. The van der Waals surface area contributed by atoms with E-state index < -0.39 is 24.2 Å². The number of aromatic nitrogens is 6. The van der Waals surface area contributed by atoms with Crippen molar-refractivity contribution in [1.82, 2.24) is 29.4 Å². The molecule has 5 heterocycles. The van der Waals surface area contributed by atoms with Crippen LogP contribution in [0.15, 0.2) is 36.7 Å². The maximum absolute atomic E-state index is 14.1. The highest BCUT2D eigenvalue weighted by molar-refractivity contribution is 7.20. The third-order valence-corrected chi connectivity index (χ3v) is 7.76. The fourth-order valence-electron chi connectivity index (χ4n) is 4.53. The number of carbonyl (C=O) groups excluding carboxylic acids is 1. The van der Waals surface area contributed by atoms with Gasteiger partial charge in [-0.3, -0.25) is 0 Å². The molecular weight excluding hydrogens is 531 g/mol. The second-order valence-corrected chi connectivity index (χ2v) is 10.0. The van der Waals surface area contributed by atoms with Crippen LogP contribution in [-0.2, 0) is 4.74 Å². The van der Waals surface area contributed by atoms with Crippen molar-refractivity contribution in [3.05, 3.63) is 57.7 Å². The number of methoxy groups -OCH3 is 1. The van der Waals surface area contributed by atoms with Crippen molar-refractivity contribution in [3.63, 3.8) is 0 Å². The number of benzene rings is 1. The smallest absolute Gasteiger partial charge is 0.410 e. The van der Waals surface area contributed by atoms with Crippen LogP contribution in [-0.4, -0.2) is 48.6 Å². The zero-order chi connectivity index (χ0) is 26.1.